The second-order valence-electron chi connectivity index (χ2n) is 10.3. The molecule has 2 heterocycles. The number of benzene rings is 3. The van der Waals surface area contributed by atoms with E-state index in [2.05, 4.69) is 10.6 Å². The molecule has 5 rings (SSSR count). The Bertz CT molecular complexity index is 1360. The Morgan fingerprint density at radius 3 is 2.42 bits per heavy atom. The highest BCUT2D eigenvalue weighted by molar-refractivity contribution is 6.01. The number of anilines is 3. The molecule has 208 valence electrons. The lowest BCUT2D eigenvalue weighted by molar-refractivity contribution is -0.133. The molecule has 0 spiro atoms. The molecule has 40 heavy (non-hydrogen) atoms. The number of ether oxygens (including phenoxy) is 1. The molecule has 3 aromatic carbocycles. The van der Waals surface area contributed by atoms with E-state index in [1.807, 2.05) is 59.5 Å². The molecule has 3 amide bonds. The fourth-order valence-electron chi connectivity index (χ4n) is 5.23. The van der Waals surface area contributed by atoms with Crippen molar-refractivity contribution in [3.63, 3.8) is 0 Å². The van der Waals surface area contributed by atoms with Crippen LogP contribution in [0.3, 0.4) is 0 Å². The number of rotatable bonds is 7. The van der Waals surface area contributed by atoms with Gasteiger partial charge in [0.25, 0.3) is 0 Å². The van der Waals surface area contributed by atoms with E-state index in [0.29, 0.717) is 23.7 Å². The van der Waals surface area contributed by atoms with Crippen LogP contribution in [0.15, 0.2) is 72.8 Å². The third-order valence-corrected chi connectivity index (χ3v) is 7.59. The first-order valence-corrected chi connectivity index (χ1v) is 13.6. The van der Waals surface area contributed by atoms with Crippen molar-refractivity contribution in [2.24, 2.45) is 0 Å². The van der Waals surface area contributed by atoms with E-state index in [0.717, 1.165) is 37.2 Å². The zero-order valence-corrected chi connectivity index (χ0v) is 22.4. The summed E-state index contributed by atoms with van der Waals surface area (Å²) in [6.07, 6.45) is 2.00. The van der Waals surface area contributed by atoms with Crippen molar-refractivity contribution in [3.05, 3.63) is 89.7 Å². The van der Waals surface area contributed by atoms with Crippen LogP contribution in [0.5, 0.6) is 0 Å². The van der Waals surface area contributed by atoms with Gasteiger partial charge in [0.1, 0.15) is 18.5 Å². The van der Waals surface area contributed by atoms with Gasteiger partial charge in [0, 0.05) is 37.9 Å². The van der Waals surface area contributed by atoms with E-state index in [1.54, 1.807) is 19.2 Å². The van der Waals surface area contributed by atoms with E-state index in [-0.39, 0.29) is 30.7 Å². The molecule has 2 N–H and O–H groups in total. The molecule has 2 saturated heterocycles. The van der Waals surface area contributed by atoms with Crippen LogP contribution < -0.4 is 20.4 Å². The van der Waals surface area contributed by atoms with Gasteiger partial charge in [0.2, 0.25) is 11.8 Å². The van der Waals surface area contributed by atoms with Crippen LogP contribution in [0.2, 0.25) is 0 Å². The summed E-state index contributed by atoms with van der Waals surface area (Å²) in [6.45, 7) is 1.66. The van der Waals surface area contributed by atoms with Crippen LogP contribution in [0.25, 0.3) is 0 Å². The van der Waals surface area contributed by atoms with Gasteiger partial charge in [-0.15, -0.1) is 0 Å². The third kappa shape index (κ3) is 6.42. The molecule has 0 radical (unpaired) electrons. The Balaban J connectivity index is 1.12. The first kappa shape index (κ1) is 27.2. The summed E-state index contributed by atoms with van der Waals surface area (Å²) in [4.78, 5) is 39.4. The van der Waals surface area contributed by atoms with E-state index in [9.17, 15) is 14.4 Å². The van der Waals surface area contributed by atoms with Crippen LogP contribution in [0, 0.1) is 5.82 Å². The van der Waals surface area contributed by atoms with Gasteiger partial charge in [-0.25, -0.2) is 9.18 Å². The third-order valence-electron chi connectivity index (χ3n) is 7.59. The van der Waals surface area contributed by atoms with Crippen LogP contribution >= 0.6 is 0 Å². The van der Waals surface area contributed by atoms with Gasteiger partial charge >= 0.3 is 6.09 Å². The van der Waals surface area contributed by atoms with Crippen molar-refractivity contribution < 1.29 is 23.5 Å². The normalized spacial score (nSPS) is 17.8. The van der Waals surface area contributed by atoms with Crippen molar-refractivity contribution in [1.29, 1.82) is 0 Å². The first-order valence-electron chi connectivity index (χ1n) is 13.6. The highest BCUT2D eigenvalue weighted by atomic mass is 19.1. The van der Waals surface area contributed by atoms with Gasteiger partial charge in [-0.05, 0) is 66.6 Å². The zero-order chi connectivity index (χ0) is 28.1. The largest absolute Gasteiger partial charge is 0.444 e. The minimum Gasteiger partial charge on any atom is -0.444 e. The minimum atomic E-state index is -0.551. The van der Waals surface area contributed by atoms with Gasteiger partial charge in [-0.3, -0.25) is 19.8 Å². The molecule has 2 fully saturated rings. The van der Waals surface area contributed by atoms with E-state index in [1.165, 1.54) is 16.5 Å². The number of hydrogen-bond acceptors (Lipinski definition) is 6. The topological polar surface area (TPSA) is 91.0 Å². The van der Waals surface area contributed by atoms with Crippen LogP contribution in [0.4, 0.5) is 26.2 Å². The number of carbonyl (C=O) groups is 3. The molecule has 1 unspecified atom stereocenters. The summed E-state index contributed by atoms with van der Waals surface area (Å²) in [5, 5.41) is 5.33. The Morgan fingerprint density at radius 2 is 1.75 bits per heavy atom. The summed E-state index contributed by atoms with van der Waals surface area (Å²) in [5.74, 6) is -0.666. The maximum Gasteiger partial charge on any atom is 0.414 e. The quantitative estimate of drug-likeness (QED) is 0.398. The van der Waals surface area contributed by atoms with Crippen LogP contribution in [-0.4, -0.2) is 44.1 Å². The number of nitrogens with one attached hydrogen (secondary N) is 2. The maximum atomic E-state index is 15.0. The predicted molar refractivity (Wildman–Crippen MR) is 152 cm³/mol. The average Bonchev–Trinajstić information content (AvgIpc) is 2.98. The maximum absolute atomic E-state index is 15.0. The van der Waals surface area contributed by atoms with Gasteiger partial charge in [0.05, 0.1) is 5.69 Å². The average molecular weight is 545 g/mol. The van der Waals surface area contributed by atoms with Crippen molar-refractivity contribution in [2.75, 3.05) is 35.3 Å². The smallest absolute Gasteiger partial charge is 0.414 e. The molecule has 2 aliphatic rings. The number of amides is 3. The van der Waals surface area contributed by atoms with Gasteiger partial charge in [-0.2, -0.15) is 0 Å². The molecular weight excluding hydrogens is 511 g/mol. The molecule has 0 saturated carbocycles. The highest BCUT2D eigenvalue weighted by Crippen LogP contribution is 2.33. The molecule has 8 nitrogen and oxygen atoms in total. The van der Waals surface area contributed by atoms with Crippen molar-refractivity contribution in [3.8, 4) is 0 Å². The van der Waals surface area contributed by atoms with Gasteiger partial charge < -0.3 is 15.0 Å². The van der Waals surface area contributed by atoms with Crippen molar-refractivity contribution >= 4 is 35.0 Å². The fourth-order valence-corrected chi connectivity index (χ4v) is 5.23. The number of halogens is 1. The zero-order valence-electron chi connectivity index (χ0n) is 22.4. The van der Waals surface area contributed by atoms with E-state index in [4.69, 9.17) is 4.74 Å². The number of nitrogens with zero attached hydrogens (tertiary/aromatic N) is 2. The molecule has 1 atom stereocenters. The standard InChI is InChI=1S/C31H33FN4O4/c1-35(31(39)40-20-21-5-3-2-4-6-21)25-10-7-22(8-11-25)23-15-17-36(18-16-23)28-13-9-24(19-26(28)32)33-27-12-14-29(37)34-30(27)38/h2-11,13,19,23,27,33H,12,14-18,20H2,1H3,(H,34,37,38). The lowest BCUT2D eigenvalue weighted by atomic mass is 9.89. The van der Waals surface area contributed by atoms with Crippen molar-refractivity contribution in [2.45, 2.75) is 44.2 Å². The second-order valence-corrected chi connectivity index (χ2v) is 10.3. The lowest BCUT2D eigenvalue weighted by Gasteiger charge is -2.34. The van der Waals surface area contributed by atoms with Crippen molar-refractivity contribution in [1.82, 2.24) is 5.32 Å². The molecular formula is C31H33FN4O4. The number of hydrogen-bond donors (Lipinski definition) is 2. The summed E-state index contributed by atoms with van der Waals surface area (Å²) in [6, 6.07) is 21.9. The molecule has 3 aromatic rings. The fraction of sp³-hybridized carbons (Fsp3) is 0.323. The Hall–Kier alpha value is -4.40. The Kier molecular flexibility index (Phi) is 8.28. The summed E-state index contributed by atoms with van der Waals surface area (Å²) in [5.41, 5.74) is 3.94. The van der Waals surface area contributed by atoms with Crippen LogP contribution in [-0.2, 0) is 20.9 Å². The SMILES string of the molecule is CN(C(=O)OCc1ccccc1)c1ccc(C2CCN(c3ccc(NC4CCC(=O)NC4=O)cc3F)CC2)cc1. The second kappa shape index (κ2) is 12.2. The molecule has 2 aliphatic heterocycles. The van der Waals surface area contributed by atoms with Gasteiger partial charge in [0.15, 0.2) is 0 Å². The lowest BCUT2D eigenvalue weighted by Crippen LogP contribution is -2.47. The first-order chi connectivity index (χ1) is 19.4. The Labute approximate surface area is 233 Å². The van der Waals surface area contributed by atoms with E-state index < -0.39 is 12.1 Å². The monoisotopic (exact) mass is 544 g/mol. The summed E-state index contributed by atoms with van der Waals surface area (Å²) in [7, 11) is 1.70. The Morgan fingerprint density at radius 1 is 1.02 bits per heavy atom. The summed E-state index contributed by atoms with van der Waals surface area (Å²) < 4.78 is 20.5. The number of imide groups is 1. The molecule has 0 bridgehead atoms. The predicted octanol–water partition coefficient (Wildman–Crippen LogP) is 5.20. The summed E-state index contributed by atoms with van der Waals surface area (Å²) >= 11 is 0. The van der Waals surface area contributed by atoms with Crippen LogP contribution in [0.1, 0.15) is 42.7 Å². The van der Waals surface area contributed by atoms with E-state index >= 15 is 4.39 Å². The van der Waals surface area contributed by atoms with Gasteiger partial charge in [-0.1, -0.05) is 42.5 Å². The molecule has 0 aliphatic carbocycles. The molecule has 0 aromatic heterocycles. The minimum absolute atomic E-state index is 0.223. The number of piperidine rings is 2. The molecule has 9 heteroatoms. The number of carbonyl (C=O) groups excluding carboxylic acids is 3. The highest BCUT2D eigenvalue weighted by Gasteiger charge is 2.27.